The Hall–Kier alpha value is -2.68. The summed E-state index contributed by atoms with van der Waals surface area (Å²) in [5.41, 5.74) is -0.0946. The number of allylic oxidation sites excluding steroid dienone is 4. The van der Waals surface area contributed by atoms with Crippen LogP contribution >= 0.6 is 23.2 Å². The number of carbonyl (C=O) groups is 3. The van der Waals surface area contributed by atoms with Gasteiger partial charge in [0, 0.05) is 34.6 Å². The standard InChI is InChI=1S/C32H40Cl2FN3O4/c1-18(7-6-8-21(34)17-35)27-28(29(41)36-22-10-12-23(40)13-11-22)38(19(2)39)26(16-31(3,4)5)32(27)24-14-9-20(33)15-25(24)37-30(32)42/h6-9,14-15,22-23,26-28,40H,1,10-13,16-17H2,2-5H3,(H,36,41)(H,37,42)/b7-6-,21-8+/t22-,23-,26-,27-,28+,32+/m0/s1. The van der Waals surface area contributed by atoms with Crippen LogP contribution in [0.4, 0.5) is 10.1 Å². The van der Waals surface area contributed by atoms with E-state index in [1.807, 2.05) is 20.8 Å². The molecule has 42 heavy (non-hydrogen) atoms. The van der Waals surface area contributed by atoms with Crippen molar-refractivity contribution in [1.82, 2.24) is 10.2 Å². The number of rotatable bonds is 7. The van der Waals surface area contributed by atoms with Crippen LogP contribution in [0.15, 0.2) is 53.6 Å². The van der Waals surface area contributed by atoms with Crippen molar-refractivity contribution >= 4 is 46.6 Å². The molecule has 0 unspecified atom stereocenters. The quantitative estimate of drug-likeness (QED) is 0.336. The zero-order valence-electron chi connectivity index (χ0n) is 24.6. The van der Waals surface area contributed by atoms with Crippen LogP contribution in [0, 0.1) is 11.3 Å². The summed E-state index contributed by atoms with van der Waals surface area (Å²) in [5, 5.41) is 16.5. The predicted octanol–water partition coefficient (Wildman–Crippen LogP) is 5.81. The summed E-state index contributed by atoms with van der Waals surface area (Å²) < 4.78 is 13.0. The van der Waals surface area contributed by atoms with Crippen LogP contribution in [0.25, 0.3) is 0 Å². The minimum absolute atomic E-state index is 0.0106. The molecule has 2 aliphatic heterocycles. The predicted molar refractivity (Wildman–Crippen MR) is 164 cm³/mol. The number of aliphatic hydroxyl groups is 1. The smallest absolute Gasteiger partial charge is 0.243 e. The molecule has 2 heterocycles. The van der Waals surface area contributed by atoms with Gasteiger partial charge in [-0.25, -0.2) is 4.39 Å². The maximum Gasteiger partial charge on any atom is 0.243 e. The molecule has 1 aromatic carbocycles. The van der Waals surface area contributed by atoms with E-state index >= 15 is 0 Å². The first-order chi connectivity index (χ1) is 19.7. The number of halogens is 3. The van der Waals surface area contributed by atoms with Crippen LogP contribution in [0.3, 0.4) is 0 Å². The Kier molecular flexibility index (Phi) is 9.60. The maximum absolute atomic E-state index is 14.4. The first kappa shape index (κ1) is 32.2. The molecule has 0 bridgehead atoms. The lowest BCUT2D eigenvalue weighted by Crippen LogP contribution is -2.53. The minimum atomic E-state index is -1.36. The van der Waals surface area contributed by atoms with Crippen molar-refractivity contribution in [2.24, 2.45) is 11.3 Å². The number of hydrogen-bond donors (Lipinski definition) is 3. The number of nitrogens with one attached hydrogen (secondary N) is 2. The van der Waals surface area contributed by atoms with Crippen LogP contribution in [0.1, 0.15) is 65.4 Å². The summed E-state index contributed by atoms with van der Waals surface area (Å²) in [6, 6.07) is 3.24. The largest absolute Gasteiger partial charge is 0.393 e. The number of carbonyl (C=O) groups excluding carboxylic acids is 3. The number of likely N-dealkylation sites (tertiary alicyclic amines) is 1. The molecule has 4 atom stereocenters. The third-order valence-electron chi connectivity index (χ3n) is 8.61. The average molecular weight is 621 g/mol. The molecule has 1 aromatic rings. The van der Waals surface area contributed by atoms with Gasteiger partial charge >= 0.3 is 0 Å². The summed E-state index contributed by atoms with van der Waals surface area (Å²) in [4.78, 5) is 43.8. The highest BCUT2D eigenvalue weighted by Crippen LogP contribution is 2.58. The van der Waals surface area contributed by atoms with Gasteiger partial charge in [0.25, 0.3) is 0 Å². The number of alkyl halides is 1. The van der Waals surface area contributed by atoms with Crippen LogP contribution in [-0.2, 0) is 19.8 Å². The fourth-order valence-corrected chi connectivity index (χ4v) is 7.20. The number of anilines is 1. The fourth-order valence-electron chi connectivity index (χ4n) is 6.96. The molecular formula is C32H40Cl2FN3O4. The minimum Gasteiger partial charge on any atom is -0.393 e. The highest BCUT2D eigenvalue weighted by molar-refractivity contribution is 6.31. The van der Waals surface area contributed by atoms with E-state index in [-0.39, 0.29) is 34.2 Å². The van der Waals surface area contributed by atoms with Gasteiger partial charge in [0.15, 0.2) is 0 Å². The Labute approximate surface area is 257 Å². The molecule has 1 saturated heterocycles. The Morgan fingerprint density at radius 1 is 1.26 bits per heavy atom. The van der Waals surface area contributed by atoms with Crippen LogP contribution in [0.2, 0.25) is 5.02 Å². The molecule has 3 amide bonds. The average Bonchev–Trinajstić information content (AvgIpc) is 3.36. The molecule has 10 heteroatoms. The third-order valence-corrected chi connectivity index (χ3v) is 9.08. The van der Waals surface area contributed by atoms with Gasteiger partial charge in [-0.3, -0.25) is 14.4 Å². The van der Waals surface area contributed by atoms with Crippen LogP contribution < -0.4 is 10.6 Å². The number of nitrogens with zero attached hydrogens (tertiary/aromatic N) is 1. The SMILES string of the molecule is C=C(/C=C\C=C(\Cl)CF)[C@H]1[C@H](C(=O)N[C@H]2CC[C@H](O)CC2)N(C(C)=O)[C@@H](CC(C)(C)C)[C@@]12C(=O)Nc1cc(Cl)ccc12. The highest BCUT2D eigenvalue weighted by atomic mass is 35.5. The molecule has 4 rings (SSSR count). The van der Waals surface area contributed by atoms with E-state index in [0.717, 1.165) is 0 Å². The van der Waals surface area contributed by atoms with Crippen molar-refractivity contribution in [2.45, 2.75) is 89.4 Å². The second-order valence-electron chi connectivity index (χ2n) is 12.8. The Morgan fingerprint density at radius 3 is 2.52 bits per heavy atom. The first-order valence-electron chi connectivity index (χ1n) is 14.4. The third kappa shape index (κ3) is 6.17. The summed E-state index contributed by atoms with van der Waals surface area (Å²) in [7, 11) is 0. The van der Waals surface area contributed by atoms with E-state index in [2.05, 4.69) is 17.2 Å². The van der Waals surface area contributed by atoms with E-state index in [1.165, 1.54) is 13.0 Å². The second kappa shape index (κ2) is 12.5. The zero-order valence-corrected chi connectivity index (χ0v) is 26.1. The number of fused-ring (bicyclic) bond motifs is 2. The Balaban J connectivity index is 1.93. The molecule has 0 radical (unpaired) electrons. The highest BCUT2D eigenvalue weighted by Gasteiger charge is 2.69. The number of amides is 3. The molecule has 7 nitrogen and oxygen atoms in total. The summed E-state index contributed by atoms with van der Waals surface area (Å²) in [5.74, 6) is -1.92. The lowest BCUT2D eigenvalue weighted by molar-refractivity contribution is -0.140. The van der Waals surface area contributed by atoms with Crippen molar-refractivity contribution in [3.63, 3.8) is 0 Å². The van der Waals surface area contributed by atoms with Gasteiger partial charge in [0.1, 0.15) is 18.1 Å². The van der Waals surface area contributed by atoms with Gasteiger partial charge < -0.3 is 20.6 Å². The molecule has 3 N–H and O–H groups in total. The van der Waals surface area contributed by atoms with Crippen molar-refractivity contribution < 1.29 is 23.9 Å². The number of hydrogen-bond acceptors (Lipinski definition) is 4. The number of benzene rings is 1. The summed E-state index contributed by atoms with van der Waals surface area (Å²) in [6.07, 6.45) is 6.94. The van der Waals surface area contributed by atoms with Crippen molar-refractivity contribution in [3.05, 3.63) is 64.2 Å². The van der Waals surface area contributed by atoms with Crippen molar-refractivity contribution in [3.8, 4) is 0 Å². The lowest BCUT2D eigenvalue weighted by atomic mass is 9.62. The molecule has 1 aliphatic carbocycles. The van der Waals surface area contributed by atoms with Gasteiger partial charge in [0.2, 0.25) is 17.7 Å². The molecule has 228 valence electrons. The molecule has 0 aromatic heterocycles. The Bertz CT molecular complexity index is 1320. The molecule has 1 saturated carbocycles. The monoisotopic (exact) mass is 619 g/mol. The molecule has 3 aliphatic rings. The van der Waals surface area contributed by atoms with E-state index in [4.69, 9.17) is 23.2 Å². The number of aliphatic hydroxyl groups excluding tert-OH is 1. The van der Waals surface area contributed by atoms with Gasteiger partial charge in [-0.15, -0.1) is 0 Å². The lowest BCUT2D eigenvalue weighted by Gasteiger charge is -2.39. The first-order valence-corrected chi connectivity index (χ1v) is 15.1. The van der Waals surface area contributed by atoms with E-state index in [0.29, 0.717) is 54.0 Å². The molecular weight excluding hydrogens is 580 g/mol. The summed E-state index contributed by atoms with van der Waals surface area (Å²) in [6.45, 7) is 11.0. The van der Waals surface area contributed by atoms with E-state index in [1.54, 1.807) is 35.3 Å². The summed E-state index contributed by atoms with van der Waals surface area (Å²) >= 11 is 12.2. The van der Waals surface area contributed by atoms with Gasteiger partial charge in [-0.2, -0.15) is 0 Å². The van der Waals surface area contributed by atoms with E-state index < -0.39 is 36.2 Å². The maximum atomic E-state index is 14.4. The van der Waals surface area contributed by atoms with Gasteiger partial charge in [-0.1, -0.05) is 68.8 Å². The van der Waals surface area contributed by atoms with E-state index in [9.17, 15) is 23.9 Å². The van der Waals surface area contributed by atoms with Crippen LogP contribution in [0.5, 0.6) is 0 Å². The Morgan fingerprint density at radius 2 is 1.93 bits per heavy atom. The van der Waals surface area contributed by atoms with Gasteiger partial charge in [0.05, 0.1) is 12.1 Å². The normalized spacial score (nSPS) is 29.6. The topological polar surface area (TPSA) is 98.7 Å². The van der Waals surface area contributed by atoms with Gasteiger partial charge in [-0.05, 0) is 66.9 Å². The van der Waals surface area contributed by atoms with Crippen molar-refractivity contribution in [2.75, 3.05) is 12.0 Å². The fraction of sp³-hybridized carbons (Fsp3) is 0.531. The van der Waals surface area contributed by atoms with Crippen molar-refractivity contribution in [1.29, 1.82) is 0 Å². The van der Waals surface area contributed by atoms with Crippen LogP contribution in [-0.4, -0.2) is 58.6 Å². The zero-order chi connectivity index (χ0) is 31.0. The molecule has 1 spiro atoms. The molecule has 2 fully saturated rings. The second-order valence-corrected chi connectivity index (χ2v) is 13.8.